The topological polar surface area (TPSA) is 26.0 Å². The molecule has 232 valence electrons. The van der Waals surface area contributed by atoms with Gasteiger partial charge in [-0.2, -0.15) is 0 Å². The van der Waals surface area contributed by atoms with Gasteiger partial charge >= 0.3 is 0 Å². The highest BCUT2D eigenvalue weighted by atomic mass is 16.3. The maximum Gasteiger partial charge on any atom is 0.143 e. The van der Waals surface area contributed by atoms with Crippen molar-refractivity contribution in [2.45, 2.75) is 5.41 Å². The third-order valence-electron chi connectivity index (χ3n) is 10.9. The van der Waals surface area contributed by atoms with E-state index in [0.29, 0.717) is 0 Å². The van der Waals surface area contributed by atoms with Gasteiger partial charge in [-0.3, -0.25) is 0 Å². The maximum atomic E-state index is 6.53. The summed E-state index contributed by atoms with van der Waals surface area (Å²) in [6.07, 6.45) is 0. The molecule has 11 rings (SSSR count). The van der Waals surface area contributed by atoms with Crippen molar-refractivity contribution in [3.8, 4) is 55.9 Å². The first-order chi connectivity index (χ1) is 24.8. The van der Waals surface area contributed by atoms with Crippen LogP contribution < -0.4 is 0 Å². The lowest BCUT2D eigenvalue weighted by Gasteiger charge is -2.30. The van der Waals surface area contributed by atoms with Crippen LogP contribution in [0.3, 0.4) is 0 Å². The van der Waals surface area contributed by atoms with Crippen LogP contribution in [0.2, 0.25) is 0 Å². The molecule has 0 aliphatic heterocycles. The molecule has 0 saturated heterocycles. The van der Waals surface area contributed by atoms with E-state index in [9.17, 15) is 0 Å². The molecule has 2 heterocycles. The molecule has 0 N–H and O–H groups in total. The van der Waals surface area contributed by atoms with E-state index in [0.717, 1.165) is 55.6 Å². The van der Waals surface area contributed by atoms with Crippen LogP contribution in [-0.2, 0) is 5.41 Å². The molecule has 2 heteroatoms. The number of nitrogens with zero attached hydrogens (tertiary/aromatic N) is 1. The Morgan fingerprint density at radius 1 is 0.360 bits per heavy atom. The molecular formula is C48H29NO. The number of benzene rings is 7. The van der Waals surface area contributed by atoms with E-state index in [2.05, 4.69) is 164 Å². The minimum absolute atomic E-state index is 0.408. The molecule has 0 amide bonds. The van der Waals surface area contributed by atoms with Crippen molar-refractivity contribution in [2.24, 2.45) is 0 Å². The van der Waals surface area contributed by atoms with Gasteiger partial charge in [0.2, 0.25) is 0 Å². The van der Waals surface area contributed by atoms with Gasteiger partial charge in [-0.15, -0.1) is 0 Å². The predicted molar refractivity (Wildman–Crippen MR) is 204 cm³/mol. The SMILES string of the molecule is c1ccc(-c2cc(-c3cccc4c3oc3ccccc34)cc(-c3ccc4c(c3)C3(c5ccccc5-c5ccccc53)c3ccccc3-4)n2)cc1. The van der Waals surface area contributed by atoms with Crippen molar-refractivity contribution < 1.29 is 4.42 Å². The minimum Gasteiger partial charge on any atom is -0.455 e. The highest BCUT2D eigenvalue weighted by Crippen LogP contribution is 2.63. The summed E-state index contributed by atoms with van der Waals surface area (Å²) < 4.78 is 6.53. The first-order valence-electron chi connectivity index (χ1n) is 17.2. The van der Waals surface area contributed by atoms with E-state index < -0.39 is 5.41 Å². The molecule has 0 saturated carbocycles. The fraction of sp³-hybridized carbons (Fsp3) is 0.0208. The Balaban J connectivity index is 1.18. The Hall–Kier alpha value is -6.51. The Bertz CT molecular complexity index is 2760. The van der Waals surface area contributed by atoms with Crippen LogP contribution in [0.1, 0.15) is 22.3 Å². The number of hydrogen-bond acceptors (Lipinski definition) is 2. The fourth-order valence-electron chi connectivity index (χ4n) is 8.82. The van der Waals surface area contributed by atoms with E-state index in [-0.39, 0.29) is 0 Å². The van der Waals surface area contributed by atoms with Gasteiger partial charge in [0.1, 0.15) is 11.2 Å². The quantitative estimate of drug-likeness (QED) is 0.193. The standard InChI is InChI=1S/C48H29NO/c1-2-13-30(14-3-1)44-28-32(33-19-12-20-39-38-18-7-11-24-46(38)50-47(33)39)29-45(49-44)31-25-26-37-36-17-6-10-23-42(36)48(43(37)27-31)40-21-8-4-15-34(40)35-16-5-9-22-41(35)48/h1-29H. The second-order valence-corrected chi connectivity index (χ2v) is 13.4. The lowest BCUT2D eigenvalue weighted by Crippen LogP contribution is -2.25. The molecule has 1 spiro atoms. The summed E-state index contributed by atoms with van der Waals surface area (Å²) in [5.74, 6) is 0. The molecular weight excluding hydrogens is 607 g/mol. The monoisotopic (exact) mass is 635 g/mol. The van der Waals surface area contributed by atoms with Gasteiger partial charge in [0.25, 0.3) is 0 Å². The van der Waals surface area contributed by atoms with Crippen molar-refractivity contribution in [1.29, 1.82) is 0 Å². The van der Waals surface area contributed by atoms with Gasteiger partial charge in [-0.1, -0.05) is 152 Å². The molecule has 2 aromatic heterocycles. The fourth-order valence-corrected chi connectivity index (χ4v) is 8.82. The first kappa shape index (κ1) is 27.4. The summed E-state index contributed by atoms with van der Waals surface area (Å²) in [6.45, 7) is 0. The predicted octanol–water partition coefficient (Wildman–Crippen LogP) is 12.3. The normalized spacial score (nSPS) is 13.4. The summed E-state index contributed by atoms with van der Waals surface area (Å²) in [5, 5.41) is 2.25. The van der Waals surface area contributed by atoms with Crippen LogP contribution in [0.4, 0.5) is 0 Å². The molecule has 0 radical (unpaired) electrons. The number of fused-ring (bicyclic) bond motifs is 13. The average molecular weight is 636 g/mol. The van der Waals surface area contributed by atoms with Crippen LogP contribution >= 0.6 is 0 Å². The first-order valence-corrected chi connectivity index (χ1v) is 17.2. The van der Waals surface area contributed by atoms with Crippen molar-refractivity contribution in [1.82, 2.24) is 4.98 Å². The maximum absolute atomic E-state index is 6.53. The van der Waals surface area contributed by atoms with Crippen LogP contribution in [0.25, 0.3) is 77.8 Å². The zero-order valence-corrected chi connectivity index (χ0v) is 27.1. The van der Waals surface area contributed by atoms with E-state index >= 15 is 0 Å². The minimum atomic E-state index is -0.408. The van der Waals surface area contributed by atoms with Crippen LogP contribution in [-0.4, -0.2) is 4.98 Å². The molecule has 0 bridgehead atoms. The Morgan fingerprint density at radius 3 is 1.60 bits per heavy atom. The van der Waals surface area contributed by atoms with Gasteiger partial charge in [0.05, 0.1) is 16.8 Å². The van der Waals surface area contributed by atoms with Gasteiger partial charge < -0.3 is 4.42 Å². The van der Waals surface area contributed by atoms with Crippen LogP contribution in [0, 0.1) is 0 Å². The Morgan fingerprint density at radius 2 is 0.900 bits per heavy atom. The van der Waals surface area contributed by atoms with Crippen molar-refractivity contribution >= 4 is 21.9 Å². The zero-order chi connectivity index (χ0) is 32.8. The highest BCUT2D eigenvalue weighted by Gasteiger charge is 2.51. The van der Waals surface area contributed by atoms with E-state index in [1.165, 1.54) is 44.5 Å². The lowest BCUT2D eigenvalue weighted by molar-refractivity contribution is 0.670. The third kappa shape index (κ3) is 3.65. The largest absolute Gasteiger partial charge is 0.455 e. The second kappa shape index (κ2) is 10.2. The molecule has 2 aliphatic rings. The van der Waals surface area contributed by atoms with Crippen molar-refractivity contribution in [3.05, 3.63) is 198 Å². The van der Waals surface area contributed by atoms with Crippen LogP contribution in [0.5, 0.6) is 0 Å². The number of furan rings is 1. The molecule has 50 heavy (non-hydrogen) atoms. The smallest absolute Gasteiger partial charge is 0.143 e. The molecule has 0 fully saturated rings. The third-order valence-corrected chi connectivity index (χ3v) is 10.9. The highest BCUT2D eigenvalue weighted by molar-refractivity contribution is 6.09. The van der Waals surface area contributed by atoms with E-state index in [4.69, 9.17) is 9.40 Å². The van der Waals surface area contributed by atoms with E-state index in [1.807, 2.05) is 12.1 Å². The number of aromatic nitrogens is 1. The molecule has 2 nitrogen and oxygen atoms in total. The Kier molecular flexibility index (Phi) is 5.62. The summed E-state index contributed by atoms with van der Waals surface area (Å²) in [6, 6.07) is 63.5. The summed E-state index contributed by atoms with van der Waals surface area (Å²) >= 11 is 0. The number of pyridine rings is 1. The lowest BCUT2D eigenvalue weighted by atomic mass is 9.70. The average Bonchev–Trinajstić information content (AvgIpc) is 3.82. The summed E-state index contributed by atoms with van der Waals surface area (Å²) in [7, 11) is 0. The number of hydrogen-bond donors (Lipinski definition) is 0. The van der Waals surface area contributed by atoms with Gasteiger partial charge in [-0.05, 0) is 74.3 Å². The zero-order valence-electron chi connectivity index (χ0n) is 27.1. The van der Waals surface area contributed by atoms with Gasteiger partial charge in [0.15, 0.2) is 0 Å². The summed E-state index contributed by atoms with van der Waals surface area (Å²) in [4.78, 5) is 5.37. The van der Waals surface area contributed by atoms with Crippen molar-refractivity contribution in [3.63, 3.8) is 0 Å². The van der Waals surface area contributed by atoms with Crippen molar-refractivity contribution in [2.75, 3.05) is 0 Å². The number of rotatable bonds is 3. The molecule has 0 atom stereocenters. The Labute approximate surface area is 290 Å². The second-order valence-electron chi connectivity index (χ2n) is 13.4. The number of para-hydroxylation sites is 2. The summed E-state index contributed by atoms with van der Waals surface area (Å²) in [5.41, 5.74) is 18.1. The van der Waals surface area contributed by atoms with E-state index in [1.54, 1.807) is 0 Å². The molecule has 0 unspecified atom stereocenters. The molecule has 9 aromatic rings. The van der Waals surface area contributed by atoms with Crippen LogP contribution in [0.15, 0.2) is 180 Å². The molecule has 7 aromatic carbocycles. The molecule has 2 aliphatic carbocycles. The van der Waals surface area contributed by atoms with Gasteiger partial charge in [0, 0.05) is 27.5 Å². The van der Waals surface area contributed by atoms with Gasteiger partial charge in [-0.25, -0.2) is 4.98 Å².